The van der Waals surface area contributed by atoms with Crippen molar-refractivity contribution in [2.24, 2.45) is 0 Å². The fraction of sp³-hybridized carbons (Fsp3) is 0.200. The van der Waals surface area contributed by atoms with E-state index in [0.717, 1.165) is 15.6 Å². The summed E-state index contributed by atoms with van der Waals surface area (Å²) in [5.41, 5.74) is 0. The van der Waals surface area contributed by atoms with Crippen LogP contribution in [0.25, 0.3) is 10.8 Å². The molecule has 0 bridgehead atoms. The van der Waals surface area contributed by atoms with Crippen molar-refractivity contribution in [1.29, 1.82) is 0 Å². The maximum Gasteiger partial charge on any atom is 0.170 e. The monoisotopic (exact) mass is 285 g/mol. The number of rotatable bonds is 3. The lowest BCUT2D eigenvalue weighted by Gasteiger charge is -1.88. The van der Waals surface area contributed by atoms with Crippen molar-refractivity contribution >= 4 is 33.0 Å². The third-order valence-corrected chi connectivity index (χ3v) is 3.20. The first-order valence-electron chi connectivity index (χ1n) is 4.35. The normalized spacial score (nSPS) is 10.5. The number of hydrogen-bond acceptors (Lipinski definition) is 4. The fourth-order valence-corrected chi connectivity index (χ4v) is 2.43. The minimum absolute atomic E-state index is 0.144. The Balaban J connectivity index is 2.23. The van der Waals surface area contributed by atoms with Gasteiger partial charge in [-0.3, -0.25) is 4.79 Å². The van der Waals surface area contributed by atoms with E-state index in [2.05, 4.69) is 20.9 Å². The number of hydrogen-bond donors (Lipinski definition) is 0. The number of carbonyl (C=O) groups is 1. The lowest BCUT2D eigenvalue weighted by Crippen LogP contribution is -1.92. The van der Waals surface area contributed by atoms with Crippen molar-refractivity contribution < 1.29 is 9.21 Å². The van der Waals surface area contributed by atoms with Gasteiger partial charge in [0.05, 0.1) is 0 Å². The van der Waals surface area contributed by atoms with Gasteiger partial charge in [-0.25, -0.2) is 4.98 Å². The molecule has 0 aromatic carbocycles. The summed E-state index contributed by atoms with van der Waals surface area (Å²) in [5.74, 6) is 0.868. The fourth-order valence-electron chi connectivity index (χ4n) is 1.18. The number of aromatic nitrogens is 1. The molecule has 0 atom stereocenters. The van der Waals surface area contributed by atoms with Crippen LogP contribution in [-0.4, -0.2) is 10.8 Å². The molecule has 0 N–H and O–H groups in total. The molecule has 0 spiro atoms. The molecule has 0 fully saturated rings. The zero-order chi connectivity index (χ0) is 10.8. The predicted molar refractivity (Wildman–Crippen MR) is 61.9 cm³/mol. The number of thiazole rings is 1. The highest BCUT2D eigenvalue weighted by Crippen LogP contribution is 2.28. The van der Waals surface area contributed by atoms with Gasteiger partial charge >= 0.3 is 0 Å². The Bertz CT molecular complexity index is 489. The Morgan fingerprint density at radius 3 is 3.00 bits per heavy atom. The molecule has 78 valence electrons. The summed E-state index contributed by atoms with van der Waals surface area (Å²) < 4.78 is 6.05. The first-order chi connectivity index (χ1) is 7.15. The molecule has 0 aliphatic carbocycles. The van der Waals surface area contributed by atoms with Gasteiger partial charge in [0, 0.05) is 17.5 Å². The number of ketones is 1. The molecule has 2 rings (SSSR count). The van der Waals surface area contributed by atoms with E-state index in [4.69, 9.17) is 4.42 Å². The van der Waals surface area contributed by atoms with Gasteiger partial charge in [-0.15, -0.1) is 11.3 Å². The van der Waals surface area contributed by atoms with Crippen LogP contribution in [0.15, 0.2) is 27.4 Å². The second-order valence-electron chi connectivity index (χ2n) is 3.11. The number of Topliss-reactive ketones (excluding diaryl/α,β-unsaturated/α-hetero) is 1. The lowest BCUT2D eigenvalue weighted by molar-refractivity contribution is -0.116. The zero-order valence-electron chi connectivity index (χ0n) is 7.99. The van der Waals surface area contributed by atoms with Crippen LogP contribution in [-0.2, 0) is 11.2 Å². The lowest BCUT2D eigenvalue weighted by atomic mass is 10.3. The first-order valence-corrected chi connectivity index (χ1v) is 5.96. The summed E-state index contributed by atoms with van der Waals surface area (Å²) in [6.45, 7) is 1.57. The van der Waals surface area contributed by atoms with E-state index >= 15 is 0 Å². The van der Waals surface area contributed by atoms with E-state index < -0.39 is 0 Å². The maximum absolute atomic E-state index is 10.9. The highest BCUT2D eigenvalue weighted by atomic mass is 79.9. The van der Waals surface area contributed by atoms with Gasteiger partial charge in [-0.2, -0.15) is 0 Å². The summed E-state index contributed by atoms with van der Waals surface area (Å²) in [5, 5.41) is 0.803. The molecule has 2 aromatic heterocycles. The van der Waals surface area contributed by atoms with E-state index in [1.54, 1.807) is 13.1 Å². The highest BCUT2D eigenvalue weighted by Gasteiger charge is 2.09. The van der Waals surface area contributed by atoms with E-state index in [9.17, 15) is 4.79 Å². The molecule has 2 heterocycles. The van der Waals surface area contributed by atoms with Crippen LogP contribution < -0.4 is 0 Å². The van der Waals surface area contributed by atoms with Crippen LogP contribution in [0, 0.1) is 0 Å². The van der Waals surface area contributed by atoms with Crippen LogP contribution in [0.5, 0.6) is 0 Å². The first kappa shape index (κ1) is 10.6. The van der Waals surface area contributed by atoms with Gasteiger partial charge in [0.1, 0.15) is 5.78 Å². The van der Waals surface area contributed by atoms with Crippen molar-refractivity contribution in [3.05, 3.63) is 27.9 Å². The molecule has 0 amide bonds. The molecular weight excluding hydrogens is 278 g/mol. The summed E-state index contributed by atoms with van der Waals surface area (Å²) in [6, 6.07) is 3.67. The van der Waals surface area contributed by atoms with Gasteiger partial charge in [-0.1, -0.05) is 0 Å². The smallest absolute Gasteiger partial charge is 0.170 e. The molecule has 2 aromatic rings. The Hall–Kier alpha value is -0.940. The van der Waals surface area contributed by atoms with Crippen molar-refractivity contribution in [3.8, 4) is 10.8 Å². The second kappa shape index (κ2) is 4.28. The second-order valence-corrected chi connectivity index (χ2v) is 5.01. The van der Waals surface area contributed by atoms with E-state index in [1.807, 2.05) is 12.1 Å². The van der Waals surface area contributed by atoms with E-state index in [0.29, 0.717) is 11.1 Å². The summed E-state index contributed by atoms with van der Waals surface area (Å²) in [6.07, 6.45) is 2.16. The molecule has 0 saturated heterocycles. The molecule has 5 heteroatoms. The van der Waals surface area contributed by atoms with Gasteiger partial charge in [0.2, 0.25) is 0 Å². The number of furan rings is 1. The van der Waals surface area contributed by atoms with E-state index in [-0.39, 0.29) is 5.78 Å². The minimum Gasteiger partial charge on any atom is -0.447 e. The Morgan fingerprint density at radius 2 is 2.40 bits per heavy atom. The molecule has 0 saturated carbocycles. The number of carbonyl (C=O) groups excluding carboxylic acids is 1. The van der Waals surface area contributed by atoms with Crippen LogP contribution >= 0.6 is 27.3 Å². The SMILES string of the molecule is CC(=O)Cc1cnc(-c2ccc(Br)o2)s1. The third kappa shape index (κ3) is 2.54. The predicted octanol–water partition coefficient (Wildman–Crippen LogP) is 3.30. The van der Waals surface area contributed by atoms with Crippen LogP contribution in [0.2, 0.25) is 0 Å². The van der Waals surface area contributed by atoms with E-state index in [1.165, 1.54) is 11.3 Å². The molecule has 0 unspecified atom stereocenters. The topological polar surface area (TPSA) is 43.1 Å². The number of nitrogens with zero attached hydrogens (tertiary/aromatic N) is 1. The molecule has 15 heavy (non-hydrogen) atoms. The average molecular weight is 286 g/mol. The van der Waals surface area contributed by atoms with Crippen molar-refractivity contribution in [2.45, 2.75) is 13.3 Å². The van der Waals surface area contributed by atoms with Crippen LogP contribution in [0.3, 0.4) is 0 Å². The summed E-state index contributed by atoms with van der Waals surface area (Å²) >= 11 is 4.71. The number of halogens is 1. The van der Waals surface area contributed by atoms with Crippen molar-refractivity contribution in [2.75, 3.05) is 0 Å². The molecule has 3 nitrogen and oxygen atoms in total. The largest absolute Gasteiger partial charge is 0.447 e. The average Bonchev–Trinajstić information content (AvgIpc) is 2.72. The van der Waals surface area contributed by atoms with Gasteiger partial charge in [0.25, 0.3) is 0 Å². The van der Waals surface area contributed by atoms with Crippen LogP contribution in [0.1, 0.15) is 11.8 Å². The third-order valence-electron chi connectivity index (χ3n) is 1.76. The van der Waals surface area contributed by atoms with Gasteiger partial charge in [-0.05, 0) is 35.0 Å². The van der Waals surface area contributed by atoms with Gasteiger partial charge < -0.3 is 4.42 Å². The molecule has 0 radical (unpaired) electrons. The van der Waals surface area contributed by atoms with Crippen molar-refractivity contribution in [3.63, 3.8) is 0 Å². The highest BCUT2D eigenvalue weighted by molar-refractivity contribution is 9.10. The summed E-state index contributed by atoms with van der Waals surface area (Å²) in [7, 11) is 0. The van der Waals surface area contributed by atoms with Gasteiger partial charge in [0.15, 0.2) is 15.4 Å². The maximum atomic E-state index is 10.9. The molecule has 0 aliphatic heterocycles. The summed E-state index contributed by atoms with van der Waals surface area (Å²) in [4.78, 5) is 16.1. The Morgan fingerprint density at radius 1 is 1.60 bits per heavy atom. The Kier molecular flexibility index (Phi) is 3.02. The molecule has 0 aliphatic rings. The molecular formula is C10H8BrNO2S. The standard InChI is InChI=1S/C10H8BrNO2S/c1-6(13)4-7-5-12-10(15-7)8-2-3-9(11)14-8/h2-3,5H,4H2,1H3. The zero-order valence-corrected chi connectivity index (χ0v) is 10.4. The quantitative estimate of drug-likeness (QED) is 0.869. The van der Waals surface area contributed by atoms with Crippen molar-refractivity contribution in [1.82, 2.24) is 4.98 Å². The van der Waals surface area contributed by atoms with Crippen LogP contribution in [0.4, 0.5) is 0 Å². The Labute approximate surface area is 99.3 Å². The minimum atomic E-state index is 0.144.